The van der Waals surface area contributed by atoms with Gasteiger partial charge in [0, 0.05) is 0 Å². The maximum absolute atomic E-state index is 4.65. The highest BCUT2D eigenvalue weighted by atomic mass is 35.5. The predicted octanol–water partition coefficient (Wildman–Crippen LogP) is 1.78. The maximum Gasteiger partial charge on any atom is 0.320 e. The molecule has 0 aromatic rings. The van der Waals surface area contributed by atoms with Gasteiger partial charge >= 0.3 is 6.48 Å². The molecule has 0 heterocycles. The monoisotopic (exact) mass is 166 g/mol. The molecule has 0 spiro atoms. The van der Waals surface area contributed by atoms with E-state index in [0.717, 1.165) is 0 Å². The average Bonchev–Trinajstić information content (AvgIpc) is 1.72. The molecule has 0 unspecified atom stereocenters. The molecule has 0 atom stereocenters. The molecule has 0 saturated heterocycles. The van der Waals surface area contributed by atoms with Crippen molar-refractivity contribution in [2.45, 2.75) is 6.48 Å². The summed E-state index contributed by atoms with van der Waals surface area (Å²) in [4.78, 5) is 0. The molecule has 3 nitrogen and oxygen atoms in total. The first kappa shape index (κ1) is 7.75. The fourth-order valence-electron chi connectivity index (χ4n) is 0.0412. The van der Waals surface area contributed by atoms with Crippen LogP contribution in [0.4, 0.5) is 0 Å². The summed E-state index contributed by atoms with van der Waals surface area (Å²) in [6.07, 6.45) is 0. The van der Waals surface area contributed by atoms with Gasteiger partial charge < -0.3 is 0 Å². The minimum atomic E-state index is -1.22. The summed E-state index contributed by atoms with van der Waals surface area (Å²) in [5.74, 6) is 0. The molecule has 0 bridgehead atoms. The summed E-state index contributed by atoms with van der Waals surface area (Å²) in [7, 11) is 0. The van der Waals surface area contributed by atoms with E-state index < -0.39 is 6.48 Å². The van der Waals surface area contributed by atoms with Gasteiger partial charge in [-0.25, -0.2) is 12.9 Å². The molecule has 0 radical (unpaired) electrons. The molecule has 0 N–H and O–H groups in total. The van der Waals surface area contributed by atoms with Crippen LogP contribution < -0.4 is 0 Å². The van der Waals surface area contributed by atoms with E-state index in [0.29, 0.717) is 0 Å². The number of rotatable bonds is 3. The van der Waals surface area contributed by atoms with Crippen LogP contribution in [0.25, 0.3) is 0 Å². The molecule has 0 aromatic carbocycles. The molecule has 44 valence electrons. The van der Waals surface area contributed by atoms with Gasteiger partial charge in [0.2, 0.25) is 0 Å². The van der Waals surface area contributed by atoms with E-state index in [1.807, 2.05) is 0 Å². The van der Waals surface area contributed by atoms with Crippen molar-refractivity contribution in [3.05, 3.63) is 0 Å². The Morgan fingerprint density at radius 2 is 1.14 bits per heavy atom. The molecule has 0 aliphatic heterocycles. The van der Waals surface area contributed by atoms with Crippen molar-refractivity contribution in [2.75, 3.05) is 0 Å². The van der Waals surface area contributed by atoms with E-state index in [1.165, 1.54) is 0 Å². The van der Waals surface area contributed by atoms with Crippen LogP contribution >= 0.6 is 35.6 Å². The van der Waals surface area contributed by atoms with Gasteiger partial charge in [0.1, 0.15) is 0 Å². The molecule has 0 rings (SSSR count). The Morgan fingerprint density at radius 1 is 0.857 bits per heavy atom. The Kier molecular flexibility index (Phi) is 5.42. The Bertz CT molecular complexity index is 31.7. The second kappa shape index (κ2) is 4.90. The van der Waals surface area contributed by atoms with E-state index in [9.17, 15) is 0 Å². The first-order chi connectivity index (χ1) is 3.35. The standard InChI is InChI=1S/CHCl3O3/c2-5-1(6-3)7-4/h1H. The minimum absolute atomic E-state index is 1.22. The van der Waals surface area contributed by atoms with Crippen molar-refractivity contribution in [3.8, 4) is 0 Å². The van der Waals surface area contributed by atoms with E-state index in [4.69, 9.17) is 0 Å². The lowest BCUT2D eigenvalue weighted by Gasteiger charge is -2.00. The van der Waals surface area contributed by atoms with Gasteiger partial charge in [0.15, 0.2) is 0 Å². The first-order valence-corrected chi connectivity index (χ1v) is 2.10. The van der Waals surface area contributed by atoms with Crippen LogP contribution in [-0.4, -0.2) is 6.48 Å². The first-order valence-electron chi connectivity index (χ1n) is 1.17. The third kappa shape index (κ3) is 3.34. The lowest BCUT2D eigenvalue weighted by molar-refractivity contribution is -0.129. The summed E-state index contributed by atoms with van der Waals surface area (Å²) in [5, 5.41) is 0. The summed E-state index contributed by atoms with van der Waals surface area (Å²) in [5.41, 5.74) is 0. The van der Waals surface area contributed by atoms with Gasteiger partial charge in [-0.05, 0) is 0 Å². The third-order valence-corrected chi connectivity index (χ3v) is 0.655. The summed E-state index contributed by atoms with van der Waals surface area (Å²) < 4.78 is 11.4. The zero-order chi connectivity index (χ0) is 5.70. The van der Waals surface area contributed by atoms with Crippen LogP contribution in [0, 0.1) is 0 Å². The maximum atomic E-state index is 4.65. The van der Waals surface area contributed by atoms with Crippen LogP contribution in [0.3, 0.4) is 0 Å². The zero-order valence-corrected chi connectivity index (χ0v) is 5.20. The topological polar surface area (TPSA) is 27.7 Å². The lowest BCUT2D eigenvalue weighted by Crippen LogP contribution is -2.05. The second-order valence-electron chi connectivity index (χ2n) is 0.556. The molecule has 0 aliphatic rings. The van der Waals surface area contributed by atoms with E-state index in [-0.39, 0.29) is 0 Å². The molecule has 0 fully saturated rings. The van der Waals surface area contributed by atoms with Crippen molar-refractivity contribution in [1.29, 1.82) is 0 Å². The molecule has 0 aromatic heterocycles. The van der Waals surface area contributed by atoms with Crippen LogP contribution in [0.5, 0.6) is 0 Å². The van der Waals surface area contributed by atoms with Crippen molar-refractivity contribution in [3.63, 3.8) is 0 Å². The van der Waals surface area contributed by atoms with Gasteiger partial charge in [-0.3, -0.25) is 0 Å². The lowest BCUT2D eigenvalue weighted by atomic mass is 11.4. The molecule has 6 heteroatoms. The van der Waals surface area contributed by atoms with Gasteiger partial charge in [0.05, 0.1) is 35.6 Å². The summed E-state index contributed by atoms with van der Waals surface area (Å²) >= 11 is 13.9. The Labute approximate surface area is 55.5 Å². The zero-order valence-electron chi connectivity index (χ0n) is 2.94. The van der Waals surface area contributed by atoms with Crippen molar-refractivity contribution in [2.24, 2.45) is 0 Å². The fraction of sp³-hybridized carbons (Fsp3) is 1.00. The molecule has 0 saturated carbocycles. The number of halogens is 3. The quantitative estimate of drug-likeness (QED) is 0.600. The summed E-state index contributed by atoms with van der Waals surface area (Å²) in [6.45, 7) is -1.22. The Hall–Kier alpha value is 0.750. The van der Waals surface area contributed by atoms with Gasteiger partial charge in [-0.15, -0.1) is 0 Å². The average molecular weight is 167 g/mol. The fourth-order valence-corrected chi connectivity index (χ4v) is 0.371. The summed E-state index contributed by atoms with van der Waals surface area (Å²) in [6, 6.07) is 0. The van der Waals surface area contributed by atoms with Gasteiger partial charge in [-0.1, -0.05) is 0 Å². The highest BCUT2D eigenvalue weighted by Gasteiger charge is 2.04. The molecule has 0 amide bonds. The van der Waals surface area contributed by atoms with E-state index in [2.05, 4.69) is 48.5 Å². The van der Waals surface area contributed by atoms with Crippen LogP contribution in [0.1, 0.15) is 0 Å². The van der Waals surface area contributed by atoms with Gasteiger partial charge in [-0.2, -0.15) is 0 Å². The third-order valence-electron chi connectivity index (χ3n) is 0.218. The SMILES string of the molecule is ClOC(OCl)OCl. The van der Waals surface area contributed by atoms with Crippen LogP contribution in [0.15, 0.2) is 0 Å². The number of hydrogen-bond acceptors (Lipinski definition) is 3. The number of hydrogen-bond donors (Lipinski definition) is 0. The highest BCUT2D eigenvalue weighted by Crippen LogP contribution is 2.03. The smallest absolute Gasteiger partial charge is 0.217 e. The predicted molar refractivity (Wildman–Crippen MR) is 24.6 cm³/mol. The van der Waals surface area contributed by atoms with Crippen molar-refractivity contribution in [1.82, 2.24) is 0 Å². The van der Waals surface area contributed by atoms with Crippen molar-refractivity contribution >= 4 is 35.6 Å². The molecular weight excluding hydrogens is 166 g/mol. The van der Waals surface area contributed by atoms with Gasteiger partial charge in [0.25, 0.3) is 0 Å². The van der Waals surface area contributed by atoms with Crippen molar-refractivity contribution < 1.29 is 12.9 Å². The Morgan fingerprint density at radius 3 is 1.14 bits per heavy atom. The second-order valence-corrected chi connectivity index (χ2v) is 1.09. The molecular formula is CHCl3O3. The normalized spacial score (nSPS) is 10.3. The van der Waals surface area contributed by atoms with Crippen LogP contribution in [-0.2, 0) is 12.9 Å². The highest BCUT2D eigenvalue weighted by molar-refractivity contribution is 6.10. The van der Waals surface area contributed by atoms with E-state index >= 15 is 0 Å². The van der Waals surface area contributed by atoms with E-state index in [1.54, 1.807) is 0 Å². The van der Waals surface area contributed by atoms with Crippen LogP contribution in [0.2, 0.25) is 0 Å². The minimum Gasteiger partial charge on any atom is -0.217 e. The largest absolute Gasteiger partial charge is 0.320 e. The molecule has 7 heavy (non-hydrogen) atoms. The molecule has 0 aliphatic carbocycles. The Balaban J connectivity index is 2.99.